The third-order valence-electron chi connectivity index (χ3n) is 6.65. The second-order valence-electron chi connectivity index (χ2n) is 9.02. The SMILES string of the molecule is CC[C@H]1C[C@@H](n2c(=O)[nH]c(-c3cnn(C)c3)c3oc4cc(=O)c(-c5cnn(C)c5)nc4c32)CCO1. The van der Waals surface area contributed by atoms with Gasteiger partial charge in [-0.3, -0.25) is 18.7 Å². The van der Waals surface area contributed by atoms with E-state index in [0.29, 0.717) is 58.5 Å². The van der Waals surface area contributed by atoms with Crippen molar-refractivity contribution in [1.82, 2.24) is 34.1 Å². The molecule has 0 saturated carbocycles. The molecule has 35 heavy (non-hydrogen) atoms. The Labute approximate surface area is 199 Å². The largest absolute Gasteiger partial charge is 0.450 e. The van der Waals surface area contributed by atoms with E-state index in [4.69, 9.17) is 14.1 Å². The predicted molar refractivity (Wildman–Crippen MR) is 129 cm³/mol. The topological polar surface area (TPSA) is 126 Å². The Morgan fingerprint density at radius 1 is 1.11 bits per heavy atom. The van der Waals surface area contributed by atoms with Gasteiger partial charge in [-0.15, -0.1) is 0 Å². The Morgan fingerprint density at radius 3 is 2.54 bits per heavy atom. The van der Waals surface area contributed by atoms with Crippen molar-refractivity contribution in [3.8, 4) is 22.5 Å². The molecule has 1 aliphatic heterocycles. The van der Waals surface area contributed by atoms with E-state index >= 15 is 0 Å². The molecular formula is C24H25N7O4. The minimum absolute atomic E-state index is 0.0685. The van der Waals surface area contributed by atoms with E-state index in [-0.39, 0.29) is 29.0 Å². The van der Waals surface area contributed by atoms with Crippen LogP contribution in [0, 0.1) is 0 Å². The summed E-state index contributed by atoms with van der Waals surface area (Å²) in [5.41, 5.74) is 3.35. The van der Waals surface area contributed by atoms with E-state index in [2.05, 4.69) is 22.1 Å². The summed E-state index contributed by atoms with van der Waals surface area (Å²) in [4.78, 5) is 34.3. The molecule has 180 valence electrons. The summed E-state index contributed by atoms with van der Waals surface area (Å²) >= 11 is 0. The number of rotatable bonds is 4. The Hall–Kier alpha value is -3.99. The molecule has 6 rings (SSSR count). The molecule has 5 aromatic heterocycles. The minimum Gasteiger partial charge on any atom is -0.450 e. The zero-order valence-corrected chi connectivity index (χ0v) is 19.7. The van der Waals surface area contributed by atoms with Gasteiger partial charge in [-0.2, -0.15) is 10.2 Å². The second-order valence-corrected chi connectivity index (χ2v) is 9.02. The molecular weight excluding hydrogens is 450 g/mol. The Morgan fingerprint density at radius 2 is 1.86 bits per heavy atom. The molecule has 5 aromatic rings. The normalized spacial score (nSPS) is 18.6. The van der Waals surface area contributed by atoms with Crippen molar-refractivity contribution < 1.29 is 9.15 Å². The standard InChI is InChI=1S/C24H25N7O4/c1-4-16-7-15(5-6-34-16)31-22-21-18(8-17(32)19(27-21)13-9-25-29(2)11-13)35-23(22)20(28-24(31)33)14-10-26-30(3)12-14/h8-12,15-16H,4-7H2,1-3H3,(H,28,33)/t15-,16-/m0/s1. The third kappa shape index (κ3) is 3.50. The third-order valence-corrected chi connectivity index (χ3v) is 6.65. The van der Waals surface area contributed by atoms with Gasteiger partial charge in [0.25, 0.3) is 0 Å². The zero-order chi connectivity index (χ0) is 24.3. The van der Waals surface area contributed by atoms with Crippen LogP contribution in [0.3, 0.4) is 0 Å². The molecule has 1 aliphatic rings. The molecule has 0 aromatic carbocycles. The molecule has 0 unspecified atom stereocenters. The van der Waals surface area contributed by atoms with E-state index < -0.39 is 0 Å². The van der Waals surface area contributed by atoms with Crippen molar-refractivity contribution in [2.45, 2.75) is 38.3 Å². The van der Waals surface area contributed by atoms with Crippen LogP contribution in [-0.4, -0.2) is 46.8 Å². The number of furan rings is 1. The summed E-state index contributed by atoms with van der Waals surface area (Å²) in [6.45, 7) is 2.64. The van der Waals surface area contributed by atoms with Gasteiger partial charge in [-0.05, 0) is 19.3 Å². The monoisotopic (exact) mass is 475 g/mol. The summed E-state index contributed by atoms with van der Waals surface area (Å²) in [5.74, 6) is 0. The highest BCUT2D eigenvalue weighted by molar-refractivity contribution is 6.05. The first kappa shape index (κ1) is 21.5. The van der Waals surface area contributed by atoms with Crippen LogP contribution in [0.15, 0.2) is 44.9 Å². The van der Waals surface area contributed by atoms with Crippen molar-refractivity contribution in [2.75, 3.05) is 6.61 Å². The first-order valence-electron chi connectivity index (χ1n) is 11.6. The van der Waals surface area contributed by atoms with Gasteiger partial charge in [-0.1, -0.05) is 6.92 Å². The number of aryl methyl sites for hydroxylation is 2. The number of ether oxygens (including phenoxy) is 1. The smallest absolute Gasteiger partial charge is 0.326 e. The number of H-pyrrole nitrogens is 1. The van der Waals surface area contributed by atoms with Gasteiger partial charge in [0.2, 0.25) is 5.43 Å². The van der Waals surface area contributed by atoms with Gasteiger partial charge in [0.05, 0.1) is 24.2 Å². The molecule has 0 amide bonds. The molecule has 1 saturated heterocycles. The molecule has 1 fully saturated rings. The zero-order valence-electron chi connectivity index (χ0n) is 19.7. The molecule has 0 bridgehead atoms. The van der Waals surface area contributed by atoms with Gasteiger partial charge in [0.15, 0.2) is 11.2 Å². The van der Waals surface area contributed by atoms with Crippen LogP contribution in [0.2, 0.25) is 0 Å². The number of fused-ring (bicyclic) bond motifs is 3. The molecule has 0 spiro atoms. The fourth-order valence-electron chi connectivity index (χ4n) is 4.94. The number of nitrogens with one attached hydrogen (secondary N) is 1. The van der Waals surface area contributed by atoms with E-state index in [1.165, 1.54) is 6.07 Å². The lowest BCUT2D eigenvalue weighted by atomic mass is 10.0. The van der Waals surface area contributed by atoms with Crippen molar-refractivity contribution in [3.63, 3.8) is 0 Å². The lowest BCUT2D eigenvalue weighted by molar-refractivity contribution is -0.00710. The maximum Gasteiger partial charge on any atom is 0.326 e. The van der Waals surface area contributed by atoms with Gasteiger partial charge in [0, 0.05) is 56.3 Å². The van der Waals surface area contributed by atoms with Gasteiger partial charge in [-0.25, -0.2) is 9.78 Å². The van der Waals surface area contributed by atoms with Crippen LogP contribution in [-0.2, 0) is 18.8 Å². The van der Waals surface area contributed by atoms with Crippen LogP contribution in [0.25, 0.3) is 44.7 Å². The van der Waals surface area contributed by atoms with Crippen molar-refractivity contribution in [3.05, 3.63) is 51.6 Å². The Bertz CT molecular complexity index is 1690. The lowest BCUT2D eigenvalue weighted by Crippen LogP contribution is -2.34. The molecule has 11 heteroatoms. The fourth-order valence-corrected chi connectivity index (χ4v) is 4.94. The molecule has 0 radical (unpaired) electrons. The summed E-state index contributed by atoms with van der Waals surface area (Å²) < 4.78 is 17.1. The average molecular weight is 476 g/mol. The number of pyridine rings is 1. The first-order chi connectivity index (χ1) is 16.9. The highest BCUT2D eigenvalue weighted by atomic mass is 16.5. The number of nitrogens with zero attached hydrogens (tertiary/aromatic N) is 6. The van der Waals surface area contributed by atoms with E-state index in [0.717, 1.165) is 6.42 Å². The number of aromatic amines is 1. The van der Waals surface area contributed by atoms with Crippen LogP contribution in [0.5, 0.6) is 0 Å². The summed E-state index contributed by atoms with van der Waals surface area (Å²) in [6, 6.07) is 1.34. The van der Waals surface area contributed by atoms with Crippen LogP contribution in [0.4, 0.5) is 0 Å². The minimum atomic E-state index is -0.275. The highest BCUT2D eigenvalue weighted by Gasteiger charge is 2.29. The van der Waals surface area contributed by atoms with E-state index in [1.54, 1.807) is 52.8 Å². The Balaban J connectivity index is 1.68. The number of hydrogen-bond acceptors (Lipinski definition) is 7. The van der Waals surface area contributed by atoms with E-state index in [9.17, 15) is 9.59 Å². The van der Waals surface area contributed by atoms with Gasteiger partial charge < -0.3 is 14.1 Å². The van der Waals surface area contributed by atoms with Crippen molar-refractivity contribution >= 4 is 22.2 Å². The van der Waals surface area contributed by atoms with Crippen LogP contribution >= 0.6 is 0 Å². The van der Waals surface area contributed by atoms with Gasteiger partial charge >= 0.3 is 5.69 Å². The summed E-state index contributed by atoms with van der Waals surface area (Å²) in [5, 5.41) is 8.42. The molecule has 11 nitrogen and oxygen atoms in total. The lowest BCUT2D eigenvalue weighted by Gasteiger charge is -2.30. The average Bonchev–Trinajstić information content (AvgIpc) is 3.56. The Kier molecular flexibility index (Phi) is 4.95. The number of hydrogen-bond donors (Lipinski definition) is 1. The van der Waals surface area contributed by atoms with Crippen molar-refractivity contribution in [1.29, 1.82) is 0 Å². The fraction of sp³-hybridized carbons (Fsp3) is 0.375. The van der Waals surface area contributed by atoms with E-state index in [1.807, 2.05) is 0 Å². The summed E-state index contributed by atoms with van der Waals surface area (Å²) in [6.07, 6.45) is 9.13. The molecule has 2 atom stereocenters. The van der Waals surface area contributed by atoms with Crippen molar-refractivity contribution in [2.24, 2.45) is 14.1 Å². The number of aromatic nitrogens is 7. The summed E-state index contributed by atoms with van der Waals surface area (Å²) in [7, 11) is 3.58. The maximum absolute atomic E-state index is 13.6. The van der Waals surface area contributed by atoms with Gasteiger partial charge in [0.1, 0.15) is 16.7 Å². The molecule has 1 N–H and O–H groups in total. The second kappa shape index (κ2) is 8.05. The quantitative estimate of drug-likeness (QED) is 0.424. The highest BCUT2D eigenvalue weighted by Crippen LogP contribution is 2.36. The molecule has 0 aliphatic carbocycles. The first-order valence-corrected chi connectivity index (χ1v) is 11.6. The molecule has 6 heterocycles. The van der Waals surface area contributed by atoms with Crippen LogP contribution in [0.1, 0.15) is 32.2 Å². The van der Waals surface area contributed by atoms with Crippen LogP contribution < -0.4 is 11.1 Å². The predicted octanol–water partition coefficient (Wildman–Crippen LogP) is 2.76. The maximum atomic E-state index is 13.6.